The molecule has 0 amide bonds. The summed E-state index contributed by atoms with van der Waals surface area (Å²) in [5, 5.41) is 0. The van der Waals surface area contributed by atoms with Crippen LogP contribution >= 0.6 is 63.7 Å². The molecule has 0 heterocycles. The highest BCUT2D eigenvalue weighted by Crippen LogP contribution is 2.49. The highest BCUT2D eigenvalue weighted by molar-refractivity contribution is 9.11. The van der Waals surface area contributed by atoms with Gasteiger partial charge in [-0.3, -0.25) is 0 Å². The number of halogens is 4. The second-order valence-corrected chi connectivity index (χ2v) is 39.6. The summed E-state index contributed by atoms with van der Waals surface area (Å²) >= 11 is 15.3. The van der Waals surface area contributed by atoms with Gasteiger partial charge in [-0.1, -0.05) is 328 Å². The summed E-state index contributed by atoms with van der Waals surface area (Å²) in [6, 6.07) is 91.8. The van der Waals surface area contributed by atoms with E-state index < -0.39 is 0 Å². The van der Waals surface area contributed by atoms with E-state index in [2.05, 4.69) is 554 Å². The molecule has 0 unspecified atom stereocenters. The molecule has 0 aliphatic heterocycles. The quantitative estimate of drug-likeness (QED) is 0.149. The van der Waals surface area contributed by atoms with Gasteiger partial charge >= 0.3 is 0 Å². The van der Waals surface area contributed by atoms with E-state index in [-0.39, 0.29) is 0 Å². The van der Waals surface area contributed by atoms with Gasteiger partial charge in [-0.2, -0.15) is 0 Å². The molecule has 0 N–H and O–H groups in total. The van der Waals surface area contributed by atoms with E-state index in [1.165, 1.54) is 245 Å². The second-order valence-electron chi connectivity index (χ2n) is 36.5. The van der Waals surface area contributed by atoms with Crippen molar-refractivity contribution in [1.29, 1.82) is 0 Å². The summed E-state index contributed by atoms with van der Waals surface area (Å²) in [4.78, 5) is 0. The van der Waals surface area contributed by atoms with Crippen molar-refractivity contribution in [2.75, 3.05) is 0 Å². The molecule has 0 saturated carbocycles. The number of rotatable bonds is 7. The maximum atomic E-state index is 3.82. The Morgan fingerprint density at radius 3 is 0.615 bits per heavy atom. The monoisotopic (exact) mass is 1980 g/mol. The highest BCUT2D eigenvalue weighted by Gasteiger charge is 2.24. The number of hydrogen-bond donors (Lipinski definition) is 0. The second kappa shape index (κ2) is 52.5. The lowest BCUT2D eigenvalue weighted by atomic mass is 9.92. The minimum atomic E-state index is 1.03. The smallest absolute Gasteiger partial charge is 0.0297 e. The van der Waals surface area contributed by atoms with Gasteiger partial charge < -0.3 is 0 Å². The Morgan fingerprint density at radius 1 is 0.154 bits per heavy atom. The molecule has 0 radical (unpaired) electrons. The fourth-order valence-corrected chi connectivity index (χ4v) is 18.2. The molecule has 0 saturated heterocycles. The molecule has 0 aliphatic rings. The predicted octanol–water partition coefficient (Wildman–Crippen LogP) is 38.9. The van der Waals surface area contributed by atoms with Crippen molar-refractivity contribution >= 4 is 63.7 Å². The van der Waals surface area contributed by atoms with Crippen LogP contribution in [0.4, 0.5) is 0 Å². The van der Waals surface area contributed by atoms with Crippen LogP contribution in [0.15, 0.2) is 273 Å². The van der Waals surface area contributed by atoms with E-state index in [1.807, 2.05) is 0 Å². The zero-order valence-corrected chi connectivity index (χ0v) is 91.5. The largest absolute Gasteiger partial charge is 0.0617 e. The van der Waals surface area contributed by atoms with E-state index in [0.717, 1.165) is 30.7 Å². The molecule has 15 rings (SSSR count). The molecule has 0 aliphatic carbocycles. The Balaban J connectivity index is 0.000000226. The third-order valence-electron chi connectivity index (χ3n) is 25.1. The SMILES string of the molecule is CCc1cc(C)c(C)c(C)c1.Cc1c(C)c(Br)c(-c2c(Br)c(C)c(C)c(C)c2Br)c(Br)c1C.Cc1cc(-c2cc(C)c(C)c(C)c2)cc(C)c1C.Cc1cc(C)cc(C)c1.Cc1ccc(-c2ccc(C)c(C)c2)cc1C.Cc1ccc(-c2ccc(C)cc2)cc1.Cc1ccc(C)c(C)c1.Cc1ccc(C)cc1.Cc1ccc(Cc2ccc(C)cc2)cc1.Cc1cccc(C)c1. The lowest BCUT2D eigenvalue weighted by molar-refractivity contribution is 1.11. The normalized spacial score (nSPS) is 10.3. The van der Waals surface area contributed by atoms with Crippen molar-refractivity contribution < 1.29 is 0 Å². The molecule has 15 aromatic rings. The van der Waals surface area contributed by atoms with Crippen LogP contribution in [0.3, 0.4) is 0 Å². The van der Waals surface area contributed by atoms with Crippen LogP contribution < -0.4 is 0 Å². The summed E-state index contributed by atoms with van der Waals surface area (Å²) < 4.78 is 4.58. The van der Waals surface area contributed by atoms with Gasteiger partial charge in [0.2, 0.25) is 0 Å². The van der Waals surface area contributed by atoms with Gasteiger partial charge in [0.15, 0.2) is 0 Å². The fraction of sp³-hybridized carbons (Fsp3) is 0.286. The van der Waals surface area contributed by atoms with E-state index in [1.54, 1.807) is 0 Å². The molecule has 680 valence electrons. The average Bonchev–Trinajstić information content (AvgIpc) is 0.747. The Labute approximate surface area is 822 Å². The van der Waals surface area contributed by atoms with Crippen LogP contribution in [0.5, 0.6) is 0 Å². The number of benzene rings is 15. The lowest BCUT2D eigenvalue weighted by Crippen LogP contribution is -1.99. The van der Waals surface area contributed by atoms with Crippen LogP contribution in [0.1, 0.15) is 207 Å². The molecule has 0 nitrogen and oxygen atoms in total. The molecule has 4 heteroatoms. The van der Waals surface area contributed by atoms with Crippen molar-refractivity contribution in [3.8, 4) is 44.5 Å². The molecule has 0 bridgehead atoms. The first-order valence-electron chi connectivity index (χ1n) is 45.9. The maximum Gasteiger partial charge on any atom is 0.0297 e. The third kappa shape index (κ3) is 33.8. The van der Waals surface area contributed by atoms with Crippen molar-refractivity contribution in [3.63, 3.8) is 0 Å². The number of hydrogen-bond acceptors (Lipinski definition) is 0. The van der Waals surface area contributed by atoms with Crippen LogP contribution in [0.25, 0.3) is 44.5 Å². The average molecular weight is 1980 g/mol. The van der Waals surface area contributed by atoms with Crippen molar-refractivity contribution in [1.82, 2.24) is 0 Å². The van der Waals surface area contributed by atoms with Crippen molar-refractivity contribution in [2.45, 2.75) is 248 Å². The van der Waals surface area contributed by atoms with Gasteiger partial charge in [0.25, 0.3) is 0 Å². The molecule has 0 fully saturated rings. The zero-order valence-electron chi connectivity index (χ0n) is 85.2. The van der Waals surface area contributed by atoms with Crippen LogP contribution in [0.2, 0.25) is 0 Å². The first kappa shape index (κ1) is 109. The summed E-state index contributed by atoms with van der Waals surface area (Å²) in [6.45, 7) is 73.2. The van der Waals surface area contributed by atoms with E-state index >= 15 is 0 Å². The topological polar surface area (TPSA) is 0 Å². The first-order valence-corrected chi connectivity index (χ1v) is 49.0. The van der Waals surface area contributed by atoms with Crippen LogP contribution in [0, 0.1) is 228 Å². The maximum absolute atomic E-state index is 3.82. The van der Waals surface area contributed by atoms with E-state index in [4.69, 9.17) is 0 Å². The van der Waals surface area contributed by atoms with Gasteiger partial charge in [0.05, 0.1) is 0 Å². The first-order chi connectivity index (χ1) is 61.2. The minimum Gasteiger partial charge on any atom is -0.0617 e. The Morgan fingerprint density at radius 2 is 0.369 bits per heavy atom. The zero-order chi connectivity index (χ0) is 96.8. The molecule has 0 spiro atoms. The Kier molecular flexibility index (Phi) is 44.0. The summed E-state index contributed by atoms with van der Waals surface area (Å²) in [7, 11) is 0. The number of aryl methyl sites for hydroxylation is 25. The fourth-order valence-electron chi connectivity index (χ4n) is 14.9. The van der Waals surface area contributed by atoms with Gasteiger partial charge in [-0.05, 0) is 472 Å². The minimum absolute atomic E-state index is 1.03. The van der Waals surface area contributed by atoms with Crippen LogP contribution in [-0.2, 0) is 12.8 Å². The van der Waals surface area contributed by atoms with Gasteiger partial charge in [-0.15, -0.1) is 0 Å². The Hall–Kier alpha value is -9.78. The third-order valence-corrected chi connectivity index (χ3v) is 29.1. The summed E-state index contributed by atoms with van der Waals surface area (Å²) in [5.74, 6) is 0. The van der Waals surface area contributed by atoms with Gasteiger partial charge in [0, 0.05) is 29.0 Å². The Bertz CT molecular complexity index is 5750. The van der Waals surface area contributed by atoms with Crippen molar-refractivity contribution in [2.24, 2.45) is 0 Å². The molecule has 130 heavy (non-hydrogen) atoms. The van der Waals surface area contributed by atoms with Crippen molar-refractivity contribution in [3.05, 3.63) is 473 Å². The molecule has 15 aromatic carbocycles. The molecular weight excluding hydrogens is 1830 g/mol. The molecule has 0 atom stereocenters. The molecule has 0 aromatic heterocycles. The highest BCUT2D eigenvalue weighted by atomic mass is 79.9. The summed E-state index contributed by atoms with van der Waals surface area (Å²) in [5.41, 5.74) is 59.0. The standard InChI is InChI=1S/C18H18Br4.C18H22.C16H18.C15H16.C14H14.C11H16.2C9H12.2C8H10/c1-7-9(3)15(19)13(16(20)10(7)4)14-17(21)11(5)8(2)12(6)18(14)22;1-11-7-17(8-12(2)15(11)5)18-9-13(3)16(6)14(4)10-18;1-11-5-7-15(9-13(11)3)16-8-6-12(2)14(4)10-16;1-12-3-7-14(8-4-12)11-15-9-5-13(2)6-10-15;1-11-3-7-13(8-4-11)14-9-5-12(2)6-10-14;1-5-11-6-8(2)10(4)9(3)7-11;1-7-4-8(2)6-9(3)5-7;1-7-4-5-8(2)9(3)6-7;1-7-3-5-8(2)6-4-7;1-7-4-3-5-8(2)6-7/h1-6H3;7-10H,1-6H3;5-10H,1-4H3;3-10H,11H2,1-2H3;3-10H,1-2H3;6-7H,5H2,1-4H3;2*4-6H,1-3H3;2*3-6H,1-2H3. The molecular formula is C126H148Br4. The lowest BCUT2D eigenvalue weighted by Gasteiger charge is -2.22. The van der Waals surface area contributed by atoms with Crippen LogP contribution in [-0.4, -0.2) is 0 Å². The van der Waals surface area contributed by atoms with E-state index in [9.17, 15) is 0 Å². The van der Waals surface area contributed by atoms with Gasteiger partial charge in [0.1, 0.15) is 0 Å². The summed E-state index contributed by atoms with van der Waals surface area (Å²) in [6.07, 6.45) is 2.17. The predicted molar refractivity (Wildman–Crippen MR) is 592 cm³/mol. The van der Waals surface area contributed by atoms with E-state index in [0.29, 0.717) is 0 Å². The van der Waals surface area contributed by atoms with Gasteiger partial charge in [-0.25, -0.2) is 0 Å².